The maximum atomic E-state index is 11.9. The molecule has 1 heterocycles. The second-order valence-corrected chi connectivity index (χ2v) is 4.42. The van der Waals surface area contributed by atoms with Crippen molar-refractivity contribution in [2.45, 2.75) is 25.8 Å². The average molecular weight is 240 g/mol. The lowest BCUT2D eigenvalue weighted by atomic mass is 10.1. The van der Waals surface area contributed by atoms with Crippen molar-refractivity contribution in [1.82, 2.24) is 10.2 Å². The summed E-state index contributed by atoms with van der Waals surface area (Å²) in [6.07, 6.45) is 3.16. The predicted molar refractivity (Wildman–Crippen MR) is 64.4 cm³/mol. The van der Waals surface area contributed by atoms with Crippen LogP contribution >= 0.6 is 0 Å². The third-order valence-electron chi connectivity index (χ3n) is 2.57. The van der Waals surface area contributed by atoms with E-state index in [4.69, 9.17) is 4.74 Å². The van der Waals surface area contributed by atoms with Crippen molar-refractivity contribution in [2.75, 3.05) is 27.3 Å². The van der Waals surface area contributed by atoms with E-state index in [1.165, 1.54) is 6.92 Å². The summed E-state index contributed by atoms with van der Waals surface area (Å²) in [6, 6.07) is 0.112. The van der Waals surface area contributed by atoms with Gasteiger partial charge in [-0.15, -0.1) is 0 Å². The quantitative estimate of drug-likeness (QED) is 0.437. The van der Waals surface area contributed by atoms with Gasteiger partial charge in [-0.2, -0.15) is 0 Å². The lowest BCUT2D eigenvalue weighted by Gasteiger charge is -2.23. The number of nitrogens with zero attached hydrogens (tertiary/aromatic N) is 1. The Balaban J connectivity index is 2.62. The molecule has 1 aliphatic heterocycles. The molecule has 96 valence electrons. The SMILES string of the molecule is CC(=O)/C(=C\N(C)C)C(=O)NC1CCOCC1. The molecule has 0 unspecified atom stereocenters. The third-order valence-corrected chi connectivity index (χ3v) is 2.57. The molecule has 0 bridgehead atoms. The van der Waals surface area contributed by atoms with E-state index >= 15 is 0 Å². The molecule has 0 aromatic heterocycles. The summed E-state index contributed by atoms with van der Waals surface area (Å²) in [4.78, 5) is 25.0. The van der Waals surface area contributed by atoms with Crippen LogP contribution in [0.1, 0.15) is 19.8 Å². The van der Waals surface area contributed by atoms with Crippen LogP contribution in [0, 0.1) is 0 Å². The summed E-state index contributed by atoms with van der Waals surface area (Å²) in [5.41, 5.74) is 0.196. The van der Waals surface area contributed by atoms with Crippen LogP contribution in [0.2, 0.25) is 0 Å². The zero-order valence-electron chi connectivity index (χ0n) is 10.7. The standard InChI is InChI=1S/C12H20N2O3/c1-9(15)11(8-14(2)3)12(16)13-10-4-6-17-7-5-10/h8,10H,4-7H2,1-3H3,(H,13,16)/b11-8+. The average Bonchev–Trinajstić information content (AvgIpc) is 2.26. The van der Waals surface area contributed by atoms with Crippen LogP contribution in [0.3, 0.4) is 0 Å². The molecule has 1 aliphatic rings. The van der Waals surface area contributed by atoms with Gasteiger partial charge in [-0.1, -0.05) is 0 Å². The first-order chi connectivity index (χ1) is 8.00. The molecule has 5 nitrogen and oxygen atoms in total. The van der Waals surface area contributed by atoms with Gasteiger partial charge in [-0.3, -0.25) is 9.59 Å². The largest absolute Gasteiger partial charge is 0.383 e. The fourth-order valence-corrected chi connectivity index (χ4v) is 1.67. The van der Waals surface area contributed by atoms with Gasteiger partial charge in [0.25, 0.3) is 5.91 Å². The van der Waals surface area contributed by atoms with Crippen LogP contribution in [-0.2, 0) is 14.3 Å². The van der Waals surface area contributed by atoms with Gasteiger partial charge in [0.05, 0.1) is 5.57 Å². The number of carbonyl (C=O) groups excluding carboxylic acids is 2. The normalized spacial score (nSPS) is 17.7. The first-order valence-electron chi connectivity index (χ1n) is 5.78. The molecule has 1 N–H and O–H groups in total. The van der Waals surface area contributed by atoms with Crippen molar-refractivity contribution in [3.05, 3.63) is 11.8 Å². The van der Waals surface area contributed by atoms with E-state index in [0.29, 0.717) is 13.2 Å². The van der Waals surface area contributed by atoms with Crippen LogP contribution < -0.4 is 5.32 Å². The molecular weight excluding hydrogens is 220 g/mol. The predicted octanol–water partition coefficient (Wildman–Crippen LogP) is 0.316. The Hall–Kier alpha value is -1.36. The first-order valence-corrected chi connectivity index (χ1v) is 5.78. The van der Waals surface area contributed by atoms with Gasteiger partial charge in [-0.05, 0) is 19.8 Å². The highest BCUT2D eigenvalue weighted by Crippen LogP contribution is 2.08. The molecule has 1 fully saturated rings. The van der Waals surface area contributed by atoms with Gasteiger partial charge in [0.2, 0.25) is 0 Å². The Labute approximate surface area is 102 Å². The number of hydrogen-bond donors (Lipinski definition) is 1. The lowest BCUT2D eigenvalue weighted by molar-refractivity contribution is -0.122. The highest BCUT2D eigenvalue weighted by molar-refractivity contribution is 6.18. The van der Waals surface area contributed by atoms with E-state index in [-0.39, 0.29) is 23.3 Å². The highest BCUT2D eigenvalue weighted by atomic mass is 16.5. The molecule has 0 aliphatic carbocycles. The van der Waals surface area contributed by atoms with Crippen LogP contribution in [0.25, 0.3) is 0 Å². The number of hydrogen-bond acceptors (Lipinski definition) is 4. The molecule has 0 saturated carbocycles. The Kier molecular flexibility index (Phi) is 5.15. The summed E-state index contributed by atoms with van der Waals surface area (Å²) < 4.78 is 5.21. The minimum absolute atomic E-state index is 0.112. The van der Waals surface area contributed by atoms with Crippen LogP contribution in [-0.4, -0.2) is 49.9 Å². The molecule has 0 aromatic rings. The maximum absolute atomic E-state index is 11.9. The minimum Gasteiger partial charge on any atom is -0.383 e. The number of amides is 1. The third kappa shape index (κ3) is 4.56. The lowest BCUT2D eigenvalue weighted by Crippen LogP contribution is -2.40. The van der Waals surface area contributed by atoms with Crippen LogP contribution in [0.5, 0.6) is 0 Å². The van der Waals surface area contributed by atoms with Crippen molar-refractivity contribution in [2.24, 2.45) is 0 Å². The summed E-state index contributed by atoms with van der Waals surface area (Å²) in [6.45, 7) is 2.73. The van der Waals surface area contributed by atoms with E-state index < -0.39 is 0 Å². The zero-order chi connectivity index (χ0) is 12.8. The first kappa shape index (κ1) is 13.7. The number of nitrogens with one attached hydrogen (secondary N) is 1. The molecule has 0 spiro atoms. The molecule has 1 saturated heterocycles. The topological polar surface area (TPSA) is 58.6 Å². The molecule has 1 amide bonds. The highest BCUT2D eigenvalue weighted by Gasteiger charge is 2.20. The fraction of sp³-hybridized carbons (Fsp3) is 0.667. The van der Waals surface area contributed by atoms with Gasteiger partial charge in [0, 0.05) is 39.6 Å². The van der Waals surface area contributed by atoms with E-state index in [1.807, 2.05) is 0 Å². The van der Waals surface area contributed by atoms with Gasteiger partial charge in [0.15, 0.2) is 5.78 Å². The summed E-state index contributed by atoms with van der Waals surface area (Å²) in [5, 5.41) is 2.87. The number of ether oxygens (including phenoxy) is 1. The molecule has 1 rings (SSSR count). The summed E-state index contributed by atoms with van der Waals surface area (Å²) in [5.74, 6) is -0.513. The Morgan fingerprint density at radius 3 is 2.35 bits per heavy atom. The molecule has 0 atom stereocenters. The Morgan fingerprint density at radius 2 is 1.88 bits per heavy atom. The summed E-state index contributed by atoms with van der Waals surface area (Å²) >= 11 is 0. The van der Waals surface area contributed by atoms with Gasteiger partial charge in [0.1, 0.15) is 0 Å². The van der Waals surface area contributed by atoms with Gasteiger partial charge >= 0.3 is 0 Å². The van der Waals surface area contributed by atoms with Crippen LogP contribution in [0.4, 0.5) is 0 Å². The zero-order valence-corrected chi connectivity index (χ0v) is 10.7. The summed E-state index contributed by atoms with van der Waals surface area (Å²) in [7, 11) is 3.56. The van der Waals surface area contributed by atoms with Crippen molar-refractivity contribution < 1.29 is 14.3 Å². The van der Waals surface area contributed by atoms with E-state index in [2.05, 4.69) is 5.32 Å². The molecular formula is C12H20N2O3. The Morgan fingerprint density at radius 1 is 1.29 bits per heavy atom. The minimum atomic E-state index is -0.293. The van der Waals surface area contributed by atoms with Gasteiger partial charge < -0.3 is 15.0 Å². The van der Waals surface area contributed by atoms with E-state index in [9.17, 15) is 9.59 Å². The van der Waals surface area contributed by atoms with Crippen molar-refractivity contribution in [3.8, 4) is 0 Å². The van der Waals surface area contributed by atoms with Crippen LogP contribution in [0.15, 0.2) is 11.8 Å². The number of rotatable bonds is 4. The Bertz CT molecular complexity index is 318. The van der Waals surface area contributed by atoms with E-state index in [1.54, 1.807) is 25.2 Å². The second kappa shape index (κ2) is 6.39. The fourth-order valence-electron chi connectivity index (χ4n) is 1.67. The van der Waals surface area contributed by atoms with Crippen molar-refractivity contribution >= 4 is 11.7 Å². The number of Topliss-reactive ketones (excluding diaryl/α,β-unsaturated/α-hetero) is 1. The second-order valence-electron chi connectivity index (χ2n) is 4.42. The molecule has 5 heteroatoms. The number of carbonyl (C=O) groups is 2. The monoisotopic (exact) mass is 240 g/mol. The van der Waals surface area contributed by atoms with Crippen molar-refractivity contribution in [3.63, 3.8) is 0 Å². The van der Waals surface area contributed by atoms with E-state index in [0.717, 1.165) is 12.8 Å². The number of ketones is 1. The smallest absolute Gasteiger partial charge is 0.256 e. The molecule has 17 heavy (non-hydrogen) atoms. The maximum Gasteiger partial charge on any atom is 0.256 e. The molecule has 0 aromatic carbocycles. The molecule has 0 radical (unpaired) electrons. The van der Waals surface area contributed by atoms with Gasteiger partial charge in [-0.25, -0.2) is 0 Å². The van der Waals surface area contributed by atoms with Crippen molar-refractivity contribution in [1.29, 1.82) is 0 Å².